The van der Waals surface area contributed by atoms with Gasteiger partial charge in [-0.3, -0.25) is 10.1 Å². The smallest absolute Gasteiger partial charge is 0.321 e. The molecular formula is C18H24N3O2S+. The van der Waals surface area contributed by atoms with Crippen molar-refractivity contribution in [2.24, 2.45) is 5.92 Å². The molecule has 0 spiro atoms. The Morgan fingerprint density at radius 1 is 1.12 bits per heavy atom. The van der Waals surface area contributed by atoms with E-state index in [2.05, 4.69) is 16.7 Å². The largest absolute Gasteiger partial charge is 0.338 e. The molecule has 0 radical (unpaired) electrons. The van der Waals surface area contributed by atoms with Crippen LogP contribution in [0.1, 0.15) is 30.3 Å². The molecule has 1 heterocycles. The highest BCUT2D eigenvalue weighted by Gasteiger charge is 2.20. The molecule has 0 aliphatic rings. The standard InChI is InChI=1S/C18H23N3O2S/c1-13(2)11-20-18(23)21-16(22)12-19-17(15-9-6-10-24-15)14-7-4-3-5-8-14/h3-10,13,17,19H,11-12H2,1-2H3,(H2,20,21,22,23)/p+1/t17-/m0/s1. The van der Waals surface area contributed by atoms with Crippen molar-refractivity contribution in [3.05, 3.63) is 58.3 Å². The van der Waals surface area contributed by atoms with Crippen LogP contribution in [0.4, 0.5) is 4.79 Å². The van der Waals surface area contributed by atoms with Crippen molar-refractivity contribution in [3.8, 4) is 0 Å². The summed E-state index contributed by atoms with van der Waals surface area (Å²) in [6.45, 7) is 4.74. The highest BCUT2D eigenvalue weighted by atomic mass is 32.1. The van der Waals surface area contributed by atoms with E-state index < -0.39 is 6.03 Å². The Labute approximate surface area is 146 Å². The first-order valence-corrected chi connectivity index (χ1v) is 8.93. The van der Waals surface area contributed by atoms with Crippen LogP contribution in [0.25, 0.3) is 0 Å². The van der Waals surface area contributed by atoms with Gasteiger partial charge in [0.25, 0.3) is 5.91 Å². The van der Waals surface area contributed by atoms with E-state index in [-0.39, 0.29) is 18.5 Å². The van der Waals surface area contributed by atoms with Crippen LogP contribution in [0, 0.1) is 5.92 Å². The van der Waals surface area contributed by atoms with Crippen LogP contribution >= 0.6 is 11.3 Å². The zero-order valence-corrected chi connectivity index (χ0v) is 14.8. The fourth-order valence-electron chi connectivity index (χ4n) is 2.29. The molecule has 0 saturated carbocycles. The number of nitrogens with one attached hydrogen (secondary N) is 2. The van der Waals surface area contributed by atoms with E-state index in [1.165, 1.54) is 4.88 Å². The third kappa shape index (κ3) is 5.79. The third-order valence-corrected chi connectivity index (χ3v) is 4.43. The molecule has 0 saturated heterocycles. The van der Waals surface area contributed by atoms with Crippen LogP contribution in [-0.4, -0.2) is 25.0 Å². The van der Waals surface area contributed by atoms with Gasteiger partial charge >= 0.3 is 6.03 Å². The summed E-state index contributed by atoms with van der Waals surface area (Å²) in [5.41, 5.74) is 1.14. The zero-order chi connectivity index (χ0) is 17.4. The van der Waals surface area contributed by atoms with E-state index in [4.69, 9.17) is 0 Å². The average molecular weight is 346 g/mol. The zero-order valence-electron chi connectivity index (χ0n) is 14.0. The molecule has 4 N–H and O–H groups in total. The molecule has 1 atom stereocenters. The maximum absolute atomic E-state index is 12.0. The Morgan fingerprint density at radius 3 is 2.50 bits per heavy atom. The molecule has 6 heteroatoms. The van der Waals surface area contributed by atoms with Crippen molar-refractivity contribution in [2.45, 2.75) is 19.9 Å². The third-order valence-electron chi connectivity index (χ3n) is 3.47. The fraction of sp³-hybridized carbons (Fsp3) is 0.333. The minimum atomic E-state index is -0.436. The van der Waals surface area contributed by atoms with Gasteiger partial charge in [-0.05, 0) is 17.4 Å². The second kappa shape index (κ2) is 9.20. The highest BCUT2D eigenvalue weighted by molar-refractivity contribution is 7.10. The molecular weight excluding hydrogens is 322 g/mol. The van der Waals surface area contributed by atoms with Crippen molar-refractivity contribution in [3.63, 3.8) is 0 Å². The molecule has 0 bridgehead atoms. The number of hydrogen-bond donors (Lipinski definition) is 3. The van der Waals surface area contributed by atoms with E-state index in [9.17, 15) is 9.59 Å². The SMILES string of the molecule is CC(C)CNC(=O)NC(=O)C[NH2+][C@@H](c1ccccc1)c1cccs1. The van der Waals surface area contributed by atoms with Gasteiger partial charge in [0.1, 0.15) is 6.04 Å². The van der Waals surface area contributed by atoms with Crippen LogP contribution < -0.4 is 16.0 Å². The van der Waals surface area contributed by atoms with Crippen LogP contribution in [0.5, 0.6) is 0 Å². The van der Waals surface area contributed by atoms with E-state index in [1.54, 1.807) is 11.3 Å². The molecule has 128 valence electrons. The Bertz CT molecular complexity index is 642. The second-order valence-corrected chi connectivity index (χ2v) is 6.97. The second-order valence-electron chi connectivity index (χ2n) is 6.00. The Hall–Kier alpha value is -2.18. The topological polar surface area (TPSA) is 74.8 Å². The lowest BCUT2D eigenvalue weighted by molar-refractivity contribution is -0.676. The van der Waals surface area contributed by atoms with Gasteiger partial charge in [0, 0.05) is 12.1 Å². The minimum absolute atomic E-state index is 0.0516. The van der Waals surface area contributed by atoms with Crippen molar-refractivity contribution in [1.82, 2.24) is 10.6 Å². The van der Waals surface area contributed by atoms with Crippen molar-refractivity contribution in [1.29, 1.82) is 0 Å². The molecule has 0 aliphatic carbocycles. The number of quaternary nitrogens is 1. The number of urea groups is 1. The summed E-state index contributed by atoms with van der Waals surface area (Å²) in [5.74, 6) is 0.0486. The molecule has 0 aliphatic heterocycles. The van der Waals surface area contributed by atoms with Gasteiger partial charge in [0.2, 0.25) is 0 Å². The van der Waals surface area contributed by atoms with Gasteiger partial charge in [-0.25, -0.2) is 4.79 Å². The van der Waals surface area contributed by atoms with Crippen LogP contribution in [0.3, 0.4) is 0 Å². The van der Waals surface area contributed by atoms with Gasteiger partial charge in [0.05, 0.1) is 4.88 Å². The monoisotopic (exact) mass is 346 g/mol. The number of benzene rings is 1. The number of thiophene rings is 1. The summed E-state index contributed by atoms with van der Waals surface area (Å²) in [6.07, 6.45) is 0. The van der Waals surface area contributed by atoms with Crippen molar-refractivity contribution >= 4 is 23.3 Å². The van der Waals surface area contributed by atoms with E-state index >= 15 is 0 Å². The quantitative estimate of drug-likeness (QED) is 0.716. The average Bonchev–Trinajstić information content (AvgIpc) is 3.08. The first-order valence-electron chi connectivity index (χ1n) is 8.05. The molecule has 3 amide bonds. The maximum Gasteiger partial charge on any atom is 0.321 e. The fourth-order valence-corrected chi connectivity index (χ4v) is 3.14. The van der Waals surface area contributed by atoms with Gasteiger partial charge in [-0.15, -0.1) is 11.3 Å². The Morgan fingerprint density at radius 2 is 1.88 bits per heavy atom. The number of rotatable bonds is 7. The first kappa shape index (κ1) is 18.2. The highest BCUT2D eigenvalue weighted by Crippen LogP contribution is 2.22. The molecule has 5 nitrogen and oxygen atoms in total. The summed E-state index contributed by atoms with van der Waals surface area (Å²) in [6, 6.07) is 13.7. The Balaban J connectivity index is 1.91. The van der Waals surface area contributed by atoms with Crippen LogP contribution in [0.2, 0.25) is 0 Å². The number of imide groups is 1. The van der Waals surface area contributed by atoms with E-state index in [1.807, 2.05) is 60.9 Å². The number of amides is 3. The summed E-state index contributed by atoms with van der Waals surface area (Å²) in [5, 5.41) is 9.02. The maximum atomic E-state index is 12.0. The lowest BCUT2D eigenvalue weighted by Crippen LogP contribution is -2.87. The number of hydrogen-bond acceptors (Lipinski definition) is 3. The van der Waals surface area contributed by atoms with Gasteiger partial charge < -0.3 is 10.6 Å². The predicted octanol–water partition coefficient (Wildman–Crippen LogP) is 1.88. The van der Waals surface area contributed by atoms with Crippen molar-refractivity contribution < 1.29 is 14.9 Å². The lowest BCUT2D eigenvalue weighted by atomic mass is 10.1. The van der Waals surface area contributed by atoms with Gasteiger partial charge in [-0.2, -0.15) is 0 Å². The predicted molar refractivity (Wildman–Crippen MR) is 95.8 cm³/mol. The minimum Gasteiger partial charge on any atom is -0.338 e. The first-order chi connectivity index (χ1) is 11.6. The lowest BCUT2D eigenvalue weighted by Gasteiger charge is -2.14. The molecule has 1 aromatic carbocycles. The molecule has 2 rings (SSSR count). The normalized spacial score (nSPS) is 12.0. The number of nitrogens with two attached hydrogens (primary N) is 1. The summed E-state index contributed by atoms with van der Waals surface area (Å²) < 4.78 is 0. The van der Waals surface area contributed by atoms with Crippen LogP contribution in [-0.2, 0) is 4.79 Å². The number of carbonyl (C=O) groups excluding carboxylic acids is 2. The summed E-state index contributed by atoms with van der Waals surface area (Å²) in [7, 11) is 0. The van der Waals surface area contributed by atoms with Gasteiger partial charge in [0.15, 0.2) is 6.54 Å². The van der Waals surface area contributed by atoms with Crippen molar-refractivity contribution in [2.75, 3.05) is 13.1 Å². The number of carbonyl (C=O) groups is 2. The summed E-state index contributed by atoms with van der Waals surface area (Å²) >= 11 is 1.66. The molecule has 2 aromatic rings. The summed E-state index contributed by atoms with van der Waals surface area (Å²) in [4.78, 5) is 24.8. The Kier molecular flexibility index (Phi) is 6.96. The molecule has 24 heavy (non-hydrogen) atoms. The molecule has 0 unspecified atom stereocenters. The van der Waals surface area contributed by atoms with E-state index in [0.717, 1.165) is 5.56 Å². The van der Waals surface area contributed by atoms with E-state index in [0.29, 0.717) is 12.5 Å². The molecule has 0 fully saturated rings. The van der Waals surface area contributed by atoms with Gasteiger partial charge in [-0.1, -0.05) is 50.2 Å². The molecule has 1 aromatic heterocycles. The van der Waals surface area contributed by atoms with Crippen LogP contribution in [0.15, 0.2) is 47.8 Å².